The number of carbonyl (C=O) groups is 1. The highest BCUT2D eigenvalue weighted by atomic mass is 16.5. The number of anilines is 1. The summed E-state index contributed by atoms with van der Waals surface area (Å²) in [5.41, 5.74) is 1.68. The molecule has 3 heterocycles. The van der Waals surface area contributed by atoms with Crippen molar-refractivity contribution in [1.29, 1.82) is 0 Å². The number of rotatable bonds is 4. The fourth-order valence-corrected chi connectivity index (χ4v) is 2.84. The lowest BCUT2D eigenvalue weighted by molar-refractivity contribution is 0.0749. The van der Waals surface area contributed by atoms with Crippen LogP contribution in [-0.2, 0) is 11.3 Å². The van der Waals surface area contributed by atoms with Crippen LogP contribution in [0.4, 0.5) is 5.82 Å². The smallest absolute Gasteiger partial charge is 0.257 e. The second-order valence-corrected chi connectivity index (χ2v) is 5.58. The third-order valence-electron chi connectivity index (χ3n) is 4.11. The zero-order chi connectivity index (χ0) is 16.2. The molecule has 0 N–H and O–H groups in total. The maximum absolute atomic E-state index is 12.8. The van der Waals surface area contributed by atoms with Gasteiger partial charge >= 0.3 is 0 Å². The minimum absolute atomic E-state index is 0.000329. The van der Waals surface area contributed by atoms with Crippen LogP contribution >= 0.6 is 0 Å². The average molecular weight is 315 g/mol. The second kappa shape index (κ2) is 6.83. The highest BCUT2D eigenvalue weighted by molar-refractivity contribution is 5.95. The zero-order valence-corrected chi connectivity index (χ0v) is 13.5. The van der Waals surface area contributed by atoms with E-state index in [1.165, 1.54) is 0 Å². The first-order valence-electron chi connectivity index (χ1n) is 7.72. The van der Waals surface area contributed by atoms with E-state index in [4.69, 9.17) is 9.15 Å². The van der Waals surface area contributed by atoms with E-state index in [9.17, 15) is 4.79 Å². The van der Waals surface area contributed by atoms with Crippen LogP contribution in [0.3, 0.4) is 0 Å². The molecule has 0 aromatic carbocycles. The topological polar surface area (TPSA) is 58.8 Å². The van der Waals surface area contributed by atoms with Crippen LogP contribution in [0.2, 0.25) is 0 Å². The van der Waals surface area contributed by atoms with E-state index in [1.54, 1.807) is 25.6 Å². The molecule has 0 spiro atoms. The molecule has 1 aliphatic rings. The molecule has 0 saturated heterocycles. The molecule has 0 aliphatic carbocycles. The Morgan fingerprint density at radius 1 is 1.39 bits per heavy atom. The van der Waals surface area contributed by atoms with Gasteiger partial charge in [0.25, 0.3) is 5.91 Å². The minimum atomic E-state index is -0.000329. The third kappa shape index (κ3) is 3.22. The van der Waals surface area contributed by atoms with Crippen molar-refractivity contribution in [2.75, 3.05) is 38.3 Å². The summed E-state index contributed by atoms with van der Waals surface area (Å²) in [6.07, 6.45) is 3.34. The molecule has 23 heavy (non-hydrogen) atoms. The molecule has 122 valence electrons. The first kappa shape index (κ1) is 15.6. The molecule has 0 radical (unpaired) electrons. The van der Waals surface area contributed by atoms with Crippen molar-refractivity contribution >= 4 is 11.7 Å². The van der Waals surface area contributed by atoms with Gasteiger partial charge in [-0.05, 0) is 19.1 Å². The lowest BCUT2D eigenvalue weighted by Gasteiger charge is -2.23. The molecular formula is C17H21N3O3. The number of fused-ring (bicyclic) bond motifs is 1. The standard InChI is InChI=1S/C17H21N3O3/c1-13-15(5-10-23-13)17(21)20-8-7-19(9-11-22-2)16-14(12-20)4-3-6-18-16/h3-6,10H,7-9,11-12H2,1-2H3. The Labute approximate surface area is 135 Å². The molecular weight excluding hydrogens is 294 g/mol. The maximum Gasteiger partial charge on any atom is 0.257 e. The number of carbonyl (C=O) groups excluding carboxylic acids is 1. The van der Waals surface area contributed by atoms with Gasteiger partial charge in [-0.25, -0.2) is 4.98 Å². The second-order valence-electron chi connectivity index (χ2n) is 5.58. The highest BCUT2D eigenvalue weighted by Crippen LogP contribution is 2.24. The quantitative estimate of drug-likeness (QED) is 0.864. The Morgan fingerprint density at radius 2 is 2.26 bits per heavy atom. The molecule has 0 unspecified atom stereocenters. The van der Waals surface area contributed by atoms with Crippen LogP contribution in [0.25, 0.3) is 0 Å². The third-order valence-corrected chi connectivity index (χ3v) is 4.11. The van der Waals surface area contributed by atoms with E-state index in [1.807, 2.05) is 24.0 Å². The number of hydrogen-bond acceptors (Lipinski definition) is 5. The van der Waals surface area contributed by atoms with Gasteiger partial charge in [-0.3, -0.25) is 4.79 Å². The van der Waals surface area contributed by atoms with E-state index >= 15 is 0 Å². The molecule has 1 amide bonds. The summed E-state index contributed by atoms with van der Waals surface area (Å²) < 4.78 is 10.5. The van der Waals surface area contributed by atoms with E-state index in [0.29, 0.717) is 31.0 Å². The Kier molecular flexibility index (Phi) is 4.62. The van der Waals surface area contributed by atoms with Gasteiger partial charge in [-0.2, -0.15) is 0 Å². The Bertz CT molecular complexity index is 683. The maximum atomic E-state index is 12.8. The van der Waals surface area contributed by atoms with Gasteiger partial charge in [0.1, 0.15) is 11.6 Å². The summed E-state index contributed by atoms with van der Waals surface area (Å²) >= 11 is 0. The predicted octanol–water partition coefficient (Wildman–Crippen LogP) is 2.09. The largest absolute Gasteiger partial charge is 0.469 e. The average Bonchev–Trinajstić information content (AvgIpc) is 2.90. The molecule has 6 nitrogen and oxygen atoms in total. The van der Waals surface area contributed by atoms with Crippen LogP contribution < -0.4 is 4.90 Å². The van der Waals surface area contributed by atoms with Gasteiger partial charge in [-0.15, -0.1) is 0 Å². The lowest BCUT2D eigenvalue weighted by atomic mass is 10.2. The fraction of sp³-hybridized carbons (Fsp3) is 0.412. The summed E-state index contributed by atoms with van der Waals surface area (Å²) in [4.78, 5) is 21.3. The number of aromatic nitrogens is 1. The SMILES string of the molecule is COCCN1CCN(C(=O)c2ccoc2C)Cc2cccnc21. The summed E-state index contributed by atoms with van der Waals surface area (Å²) in [5, 5.41) is 0. The van der Waals surface area contributed by atoms with Gasteiger partial charge < -0.3 is 19.0 Å². The molecule has 0 bridgehead atoms. The molecule has 2 aromatic rings. The monoisotopic (exact) mass is 315 g/mol. The van der Waals surface area contributed by atoms with E-state index in [-0.39, 0.29) is 5.91 Å². The Hall–Kier alpha value is -2.34. The Morgan fingerprint density at radius 3 is 3.00 bits per heavy atom. The number of amides is 1. The van der Waals surface area contributed by atoms with Gasteiger partial charge in [0.15, 0.2) is 0 Å². The fourth-order valence-electron chi connectivity index (χ4n) is 2.84. The van der Waals surface area contributed by atoms with Crippen molar-refractivity contribution in [3.63, 3.8) is 0 Å². The normalized spacial score (nSPS) is 14.5. The minimum Gasteiger partial charge on any atom is -0.469 e. The van der Waals surface area contributed by atoms with Gasteiger partial charge in [0.05, 0.1) is 18.4 Å². The van der Waals surface area contributed by atoms with Crippen LogP contribution in [0.5, 0.6) is 0 Å². The van der Waals surface area contributed by atoms with Crippen molar-refractivity contribution in [1.82, 2.24) is 9.88 Å². The van der Waals surface area contributed by atoms with Crippen LogP contribution in [0, 0.1) is 6.92 Å². The summed E-state index contributed by atoms with van der Waals surface area (Å²) in [7, 11) is 1.69. The van der Waals surface area contributed by atoms with Gasteiger partial charge in [0, 0.05) is 45.0 Å². The van der Waals surface area contributed by atoms with Crippen molar-refractivity contribution in [3.05, 3.63) is 47.5 Å². The van der Waals surface area contributed by atoms with Crippen molar-refractivity contribution in [2.24, 2.45) is 0 Å². The van der Waals surface area contributed by atoms with E-state index in [2.05, 4.69) is 9.88 Å². The van der Waals surface area contributed by atoms with Crippen LogP contribution in [-0.4, -0.2) is 49.1 Å². The number of pyridine rings is 1. The lowest BCUT2D eigenvalue weighted by Crippen LogP contribution is -2.36. The Balaban J connectivity index is 1.85. The molecule has 1 aliphatic heterocycles. The number of aryl methyl sites for hydroxylation is 1. The van der Waals surface area contributed by atoms with Crippen molar-refractivity contribution in [2.45, 2.75) is 13.5 Å². The highest BCUT2D eigenvalue weighted by Gasteiger charge is 2.25. The molecule has 0 fully saturated rings. The van der Waals surface area contributed by atoms with Gasteiger partial charge in [0.2, 0.25) is 0 Å². The number of furan rings is 1. The van der Waals surface area contributed by atoms with Crippen LogP contribution in [0.15, 0.2) is 35.1 Å². The number of ether oxygens (including phenoxy) is 1. The van der Waals surface area contributed by atoms with Crippen molar-refractivity contribution in [3.8, 4) is 0 Å². The molecule has 2 aromatic heterocycles. The first-order chi connectivity index (χ1) is 11.2. The summed E-state index contributed by atoms with van der Waals surface area (Å²) in [6.45, 7) is 5.12. The molecule has 6 heteroatoms. The van der Waals surface area contributed by atoms with E-state index < -0.39 is 0 Å². The van der Waals surface area contributed by atoms with E-state index in [0.717, 1.165) is 24.5 Å². The number of nitrogens with zero attached hydrogens (tertiary/aromatic N) is 3. The molecule has 0 saturated carbocycles. The van der Waals surface area contributed by atoms with Crippen LogP contribution in [0.1, 0.15) is 21.7 Å². The summed E-state index contributed by atoms with van der Waals surface area (Å²) in [5.74, 6) is 1.59. The zero-order valence-electron chi connectivity index (χ0n) is 13.5. The first-order valence-corrected chi connectivity index (χ1v) is 7.72. The number of hydrogen-bond donors (Lipinski definition) is 0. The van der Waals surface area contributed by atoms with Crippen molar-refractivity contribution < 1.29 is 13.9 Å². The summed E-state index contributed by atoms with van der Waals surface area (Å²) in [6, 6.07) is 5.66. The number of methoxy groups -OCH3 is 1. The van der Waals surface area contributed by atoms with Gasteiger partial charge in [-0.1, -0.05) is 6.07 Å². The predicted molar refractivity (Wildman–Crippen MR) is 86.5 cm³/mol. The molecule has 3 rings (SSSR count). The molecule has 0 atom stereocenters.